The number of carbonyl (C=O) groups is 1. The van der Waals surface area contributed by atoms with Gasteiger partial charge in [0, 0.05) is 38.4 Å². The summed E-state index contributed by atoms with van der Waals surface area (Å²) in [5, 5.41) is 11.1. The molecule has 3 rings (SSSR count). The highest BCUT2D eigenvalue weighted by Gasteiger charge is 2.27. The van der Waals surface area contributed by atoms with Gasteiger partial charge in [0.15, 0.2) is 0 Å². The fourth-order valence-electron chi connectivity index (χ4n) is 3.14. The van der Waals surface area contributed by atoms with Gasteiger partial charge in [0.1, 0.15) is 11.4 Å². The van der Waals surface area contributed by atoms with Crippen molar-refractivity contribution >= 4 is 17.4 Å². The van der Waals surface area contributed by atoms with Gasteiger partial charge in [-0.25, -0.2) is 4.98 Å². The Morgan fingerprint density at radius 1 is 1.16 bits per heavy atom. The summed E-state index contributed by atoms with van der Waals surface area (Å²) in [7, 11) is 0. The molecule has 1 amide bonds. The Hall–Kier alpha value is -2.96. The summed E-state index contributed by atoms with van der Waals surface area (Å²) >= 11 is 0. The third kappa shape index (κ3) is 3.45. The van der Waals surface area contributed by atoms with E-state index in [0.29, 0.717) is 26.2 Å². The van der Waals surface area contributed by atoms with Crippen molar-refractivity contribution in [3.63, 3.8) is 0 Å². The second-order valence-corrected chi connectivity index (χ2v) is 6.21. The molecule has 1 aliphatic heterocycles. The molecule has 25 heavy (non-hydrogen) atoms. The van der Waals surface area contributed by atoms with Gasteiger partial charge in [-0.3, -0.25) is 14.9 Å². The SMILES string of the molecule is Cc1cnc(N2CCN(C(=O)c3ccccc3[N+](=O)[O-])CC2)c(C)c1. The number of piperazine rings is 1. The van der Waals surface area contributed by atoms with Crippen molar-refractivity contribution in [1.29, 1.82) is 0 Å². The largest absolute Gasteiger partial charge is 0.353 e. The summed E-state index contributed by atoms with van der Waals surface area (Å²) in [5.41, 5.74) is 2.22. The van der Waals surface area contributed by atoms with E-state index in [2.05, 4.69) is 16.0 Å². The number of nitro groups is 1. The average Bonchev–Trinajstić information content (AvgIpc) is 2.61. The number of benzene rings is 1. The van der Waals surface area contributed by atoms with Crippen LogP contribution in [0.25, 0.3) is 0 Å². The molecule has 1 aromatic carbocycles. The summed E-state index contributed by atoms with van der Waals surface area (Å²) in [6.45, 7) is 6.37. The zero-order valence-electron chi connectivity index (χ0n) is 14.3. The lowest BCUT2D eigenvalue weighted by Crippen LogP contribution is -2.49. The molecule has 0 N–H and O–H groups in total. The Kier molecular flexibility index (Phi) is 4.65. The van der Waals surface area contributed by atoms with Gasteiger partial charge < -0.3 is 9.80 Å². The van der Waals surface area contributed by atoms with Crippen LogP contribution in [-0.2, 0) is 0 Å². The molecule has 1 aromatic heterocycles. The lowest BCUT2D eigenvalue weighted by molar-refractivity contribution is -0.385. The number of anilines is 1. The van der Waals surface area contributed by atoms with Gasteiger partial charge in [0.2, 0.25) is 0 Å². The van der Waals surface area contributed by atoms with Gasteiger partial charge in [0.05, 0.1) is 4.92 Å². The van der Waals surface area contributed by atoms with Crippen LogP contribution in [0.5, 0.6) is 0 Å². The molecule has 0 radical (unpaired) electrons. The molecule has 7 heteroatoms. The Morgan fingerprint density at radius 3 is 2.48 bits per heavy atom. The Balaban J connectivity index is 1.72. The first kappa shape index (κ1) is 16.9. The molecule has 0 aliphatic carbocycles. The van der Waals surface area contributed by atoms with Crippen molar-refractivity contribution in [3.05, 3.63) is 63.3 Å². The van der Waals surface area contributed by atoms with E-state index in [1.165, 1.54) is 12.1 Å². The summed E-state index contributed by atoms with van der Waals surface area (Å²) in [6.07, 6.45) is 1.84. The van der Waals surface area contributed by atoms with E-state index >= 15 is 0 Å². The first-order valence-corrected chi connectivity index (χ1v) is 8.18. The quantitative estimate of drug-likeness (QED) is 0.634. The lowest BCUT2D eigenvalue weighted by atomic mass is 10.1. The predicted molar refractivity (Wildman–Crippen MR) is 94.9 cm³/mol. The number of amides is 1. The zero-order valence-corrected chi connectivity index (χ0v) is 14.3. The minimum absolute atomic E-state index is 0.144. The second-order valence-electron chi connectivity index (χ2n) is 6.21. The highest BCUT2D eigenvalue weighted by molar-refractivity contribution is 5.98. The van der Waals surface area contributed by atoms with E-state index in [1.54, 1.807) is 17.0 Å². The first-order chi connectivity index (χ1) is 12.0. The molecule has 1 saturated heterocycles. The summed E-state index contributed by atoms with van der Waals surface area (Å²) in [4.78, 5) is 31.6. The number of hydrogen-bond donors (Lipinski definition) is 0. The van der Waals surface area contributed by atoms with Gasteiger partial charge in [0.25, 0.3) is 11.6 Å². The molecule has 0 spiro atoms. The maximum absolute atomic E-state index is 12.7. The zero-order chi connectivity index (χ0) is 18.0. The van der Waals surface area contributed by atoms with Crippen LogP contribution < -0.4 is 4.90 Å². The van der Waals surface area contributed by atoms with E-state index in [1.807, 2.05) is 20.0 Å². The minimum Gasteiger partial charge on any atom is -0.353 e. The number of hydrogen-bond acceptors (Lipinski definition) is 5. The lowest BCUT2D eigenvalue weighted by Gasteiger charge is -2.36. The van der Waals surface area contributed by atoms with E-state index in [4.69, 9.17) is 0 Å². The van der Waals surface area contributed by atoms with Crippen molar-refractivity contribution in [2.45, 2.75) is 13.8 Å². The van der Waals surface area contributed by atoms with E-state index in [-0.39, 0.29) is 17.2 Å². The molecule has 7 nitrogen and oxygen atoms in total. The highest BCUT2D eigenvalue weighted by Crippen LogP contribution is 2.23. The van der Waals surface area contributed by atoms with Crippen LogP contribution in [0, 0.1) is 24.0 Å². The Bertz CT molecular complexity index is 814. The third-order valence-electron chi connectivity index (χ3n) is 4.38. The number of carbonyl (C=O) groups excluding carboxylic acids is 1. The molecule has 2 aromatic rings. The molecule has 130 valence electrons. The molecular formula is C18H20N4O3. The van der Waals surface area contributed by atoms with Gasteiger partial charge in [-0.05, 0) is 31.0 Å². The van der Waals surface area contributed by atoms with Gasteiger partial charge in [-0.1, -0.05) is 18.2 Å². The Morgan fingerprint density at radius 2 is 1.84 bits per heavy atom. The summed E-state index contributed by atoms with van der Waals surface area (Å²) < 4.78 is 0. The molecule has 2 heterocycles. The molecule has 1 fully saturated rings. The van der Waals surface area contributed by atoms with Crippen LogP contribution in [0.2, 0.25) is 0 Å². The standard InChI is InChI=1S/C18H20N4O3/c1-13-11-14(2)17(19-12-13)20-7-9-21(10-8-20)18(23)15-5-3-4-6-16(15)22(24)25/h3-6,11-12H,7-10H2,1-2H3. The topological polar surface area (TPSA) is 79.6 Å². The van der Waals surface area contributed by atoms with Crippen molar-refractivity contribution < 1.29 is 9.72 Å². The van der Waals surface area contributed by atoms with Crippen LogP contribution in [-0.4, -0.2) is 46.9 Å². The number of nitro benzene ring substituents is 1. The normalized spacial score (nSPS) is 14.5. The molecule has 0 bridgehead atoms. The van der Waals surface area contributed by atoms with Crippen molar-refractivity contribution in [1.82, 2.24) is 9.88 Å². The number of aryl methyl sites for hydroxylation is 2. The van der Waals surface area contributed by atoms with Crippen LogP contribution in [0.15, 0.2) is 36.5 Å². The molecule has 0 unspecified atom stereocenters. The first-order valence-electron chi connectivity index (χ1n) is 8.18. The number of para-hydroxylation sites is 1. The fraction of sp³-hybridized carbons (Fsp3) is 0.333. The van der Waals surface area contributed by atoms with Crippen molar-refractivity contribution in [3.8, 4) is 0 Å². The van der Waals surface area contributed by atoms with Crippen LogP contribution in [0.1, 0.15) is 21.5 Å². The number of aromatic nitrogens is 1. The number of nitrogens with zero attached hydrogens (tertiary/aromatic N) is 4. The minimum atomic E-state index is -0.511. The van der Waals surface area contributed by atoms with Crippen LogP contribution >= 0.6 is 0 Å². The predicted octanol–water partition coefficient (Wildman–Crippen LogP) is 2.57. The van der Waals surface area contributed by atoms with Crippen LogP contribution in [0.4, 0.5) is 11.5 Å². The van der Waals surface area contributed by atoms with E-state index in [9.17, 15) is 14.9 Å². The van der Waals surface area contributed by atoms with Crippen molar-refractivity contribution in [2.75, 3.05) is 31.1 Å². The summed E-state index contributed by atoms with van der Waals surface area (Å²) in [6, 6.07) is 8.18. The van der Waals surface area contributed by atoms with Gasteiger partial charge >= 0.3 is 0 Å². The smallest absolute Gasteiger partial charge is 0.282 e. The van der Waals surface area contributed by atoms with E-state index < -0.39 is 4.92 Å². The number of pyridine rings is 1. The Labute approximate surface area is 146 Å². The highest BCUT2D eigenvalue weighted by atomic mass is 16.6. The average molecular weight is 340 g/mol. The van der Waals surface area contributed by atoms with Crippen LogP contribution in [0.3, 0.4) is 0 Å². The van der Waals surface area contributed by atoms with Gasteiger partial charge in [-0.15, -0.1) is 0 Å². The fourth-order valence-corrected chi connectivity index (χ4v) is 3.14. The second kappa shape index (κ2) is 6.88. The van der Waals surface area contributed by atoms with E-state index in [0.717, 1.165) is 16.9 Å². The number of rotatable bonds is 3. The van der Waals surface area contributed by atoms with Crippen molar-refractivity contribution in [2.24, 2.45) is 0 Å². The third-order valence-corrected chi connectivity index (χ3v) is 4.38. The molecule has 0 atom stereocenters. The monoisotopic (exact) mass is 340 g/mol. The maximum atomic E-state index is 12.7. The molecule has 0 saturated carbocycles. The maximum Gasteiger partial charge on any atom is 0.282 e. The molecule has 1 aliphatic rings. The summed E-state index contributed by atoms with van der Waals surface area (Å²) in [5.74, 6) is 0.643. The van der Waals surface area contributed by atoms with Gasteiger partial charge in [-0.2, -0.15) is 0 Å². The molecular weight excluding hydrogens is 320 g/mol.